The Balaban J connectivity index is 1.31. The largest absolute Gasteiger partial charge is 0.278 e. The van der Waals surface area contributed by atoms with Gasteiger partial charge in [-0.3, -0.25) is 4.57 Å². The van der Waals surface area contributed by atoms with Crippen LogP contribution in [0.2, 0.25) is 0 Å². The van der Waals surface area contributed by atoms with Crippen LogP contribution >= 0.6 is 22.7 Å². The van der Waals surface area contributed by atoms with Gasteiger partial charge in [-0.2, -0.15) is 0 Å². The zero-order valence-electron chi connectivity index (χ0n) is 23.9. The van der Waals surface area contributed by atoms with Crippen molar-refractivity contribution in [3.8, 4) is 28.3 Å². The number of hydrogen-bond donors (Lipinski definition) is 0. The van der Waals surface area contributed by atoms with Crippen molar-refractivity contribution in [3.05, 3.63) is 140 Å². The van der Waals surface area contributed by atoms with Crippen LogP contribution in [0.15, 0.2) is 140 Å². The fourth-order valence-electron chi connectivity index (χ4n) is 6.75. The molecular formula is C40H23N3S2. The lowest BCUT2D eigenvalue weighted by molar-refractivity contribution is 1.02. The fraction of sp³-hybridized carbons (Fsp3) is 0. The van der Waals surface area contributed by atoms with Crippen molar-refractivity contribution in [3.63, 3.8) is 0 Å². The Morgan fingerprint density at radius 1 is 0.422 bits per heavy atom. The molecule has 5 heteroatoms. The summed E-state index contributed by atoms with van der Waals surface area (Å²) in [5, 5.41) is 6.18. The summed E-state index contributed by atoms with van der Waals surface area (Å²) in [6, 6.07) is 49.9. The topological polar surface area (TPSA) is 30.7 Å². The average molecular weight is 610 g/mol. The Kier molecular flexibility index (Phi) is 5.32. The highest BCUT2D eigenvalue weighted by atomic mass is 32.1. The van der Waals surface area contributed by atoms with E-state index in [0.29, 0.717) is 5.95 Å². The molecule has 0 N–H and O–H groups in total. The minimum absolute atomic E-state index is 0.692. The summed E-state index contributed by atoms with van der Waals surface area (Å²) < 4.78 is 7.17. The van der Waals surface area contributed by atoms with Crippen molar-refractivity contribution in [2.75, 3.05) is 0 Å². The molecule has 0 fully saturated rings. The highest BCUT2D eigenvalue weighted by Gasteiger charge is 2.21. The maximum Gasteiger partial charge on any atom is 0.235 e. The van der Waals surface area contributed by atoms with Crippen LogP contribution in [0.5, 0.6) is 0 Å². The molecule has 0 amide bonds. The van der Waals surface area contributed by atoms with E-state index in [9.17, 15) is 0 Å². The summed E-state index contributed by atoms with van der Waals surface area (Å²) >= 11 is 3.61. The first-order valence-electron chi connectivity index (χ1n) is 15.0. The van der Waals surface area contributed by atoms with Gasteiger partial charge >= 0.3 is 0 Å². The smallest absolute Gasteiger partial charge is 0.235 e. The third-order valence-corrected chi connectivity index (χ3v) is 11.1. The van der Waals surface area contributed by atoms with Crippen molar-refractivity contribution in [2.45, 2.75) is 0 Å². The minimum atomic E-state index is 0.692. The molecule has 0 spiro atoms. The molecule has 10 rings (SSSR count). The maximum atomic E-state index is 5.43. The number of benzene rings is 6. The Morgan fingerprint density at radius 3 is 1.98 bits per heavy atom. The van der Waals surface area contributed by atoms with Crippen molar-refractivity contribution >= 4 is 85.0 Å². The summed E-state index contributed by atoms with van der Waals surface area (Å²) in [5.41, 5.74) is 7.64. The molecule has 0 saturated carbocycles. The quantitative estimate of drug-likeness (QED) is 0.199. The van der Waals surface area contributed by atoms with Crippen LogP contribution < -0.4 is 0 Å². The van der Waals surface area contributed by atoms with Crippen LogP contribution in [0.25, 0.3) is 90.6 Å². The van der Waals surface area contributed by atoms with E-state index >= 15 is 0 Å². The molecule has 0 bridgehead atoms. The Hall–Kier alpha value is -5.36. The molecule has 0 atom stereocenters. The van der Waals surface area contributed by atoms with Gasteiger partial charge in [-0.25, -0.2) is 9.97 Å². The van der Waals surface area contributed by atoms with Gasteiger partial charge in [0.15, 0.2) is 0 Å². The van der Waals surface area contributed by atoms with Crippen LogP contribution in [0.4, 0.5) is 0 Å². The molecule has 10 aromatic rings. The molecule has 210 valence electrons. The number of nitrogens with zero attached hydrogens (tertiary/aromatic N) is 3. The van der Waals surface area contributed by atoms with Crippen molar-refractivity contribution in [2.24, 2.45) is 0 Å². The van der Waals surface area contributed by atoms with Gasteiger partial charge in [-0.15, -0.1) is 22.7 Å². The van der Waals surface area contributed by atoms with Gasteiger partial charge in [0.05, 0.1) is 26.9 Å². The predicted octanol–water partition coefficient (Wildman–Crippen LogP) is 11.6. The predicted molar refractivity (Wildman–Crippen MR) is 193 cm³/mol. The molecule has 4 aromatic heterocycles. The second-order valence-electron chi connectivity index (χ2n) is 11.4. The van der Waals surface area contributed by atoms with Crippen LogP contribution in [-0.4, -0.2) is 14.5 Å². The lowest BCUT2D eigenvalue weighted by Crippen LogP contribution is -2.02. The van der Waals surface area contributed by atoms with E-state index in [0.717, 1.165) is 37.9 Å². The Bertz CT molecular complexity index is 2770. The van der Waals surface area contributed by atoms with Crippen LogP contribution in [0, 0.1) is 0 Å². The number of aromatic nitrogens is 3. The third kappa shape index (κ3) is 3.75. The van der Waals surface area contributed by atoms with E-state index < -0.39 is 0 Å². The van der Waals surface area contributed by atoms with E-state index in [1.54, 1.807) is 11.3 Å². The van der Waals surface area contributed by atoms with Crippen LogP contribution in [0.1, 0.15) is 0 Å². The molecule has 0 aliphatic carbocycles. The zero-order valence-corrected chi connectivity index (χ0v) is 25.6. The summed E-state index contributed by atoms with van der Waals surface area (Å²) in [4.78, 5) is 10.8. The molecule has 0 radical (unpaired) electrons. The number of para-hydroxylation sites is 1. The van der Waals surface area contributed by atoms with Gasteiger partial charge in [0.25, 0.3) is 0 Å². The SMILES string of the molecule is c1ccc(-c2cccc(-c3nc(-n4c5ccccc5c5cc6c(cc54)sc4ccccc46)nc4c3sc3ccccc34)c2)cc1. The average Bonchev–Trinajstić information content (AvgIpc) is 3.76. The fourth-order valence-corrected chi connectivity index (χ4v) is 9.03. The first-order valence-corrected chi connectivity index (χ1v) is 16.6. The lowest BCUT2D eigenvalue weighted by atomic mass is 10.0. The first-order chi connectivity index (χ1) is 22.3. The van der Waals surface area contributed by atoms with E-state index in [2.05, 4.69) is 144 Å². The normalized spacial score (nSPS) is 12.0. The summed E-state index contributed by atoms with van der Waals surface area (Å²) in [6.45, 7) is 0. The van der Waals surface area contributed by atoms with Crippen molar-refractivity contribution in [1.29, 1.82) is 0 Å². The molecular weight excluding hydrogens is 587 g/mol. The molecule has 0 unspecified atom stereocenters. The number of hydrogen-bond acceptors (Lipinski definition) is 4. The van der Waals surface area contributed by atoms with Crippen LogP contribution in [-0.2, 0) is 0 Å². The van der Waals surface area contributed by atoms with E-state index in [1.165, 1.54) is 46.8 Å². The second-order valence-corrected chi connectivity index (χ2v) is 13.5. The van der Waals surface area contributed by atoms with E-state index in [-0.39, 0.29) is 0 Å². The van der Waals surface area contributed by atoms with Gasteiger partial charge in [0, 0.05) is 46.6 Å². The molecule has 45 heavy (non-hydrogen) atoms. The maximum absolute atomic E-state index is 5.43. The Labute approximate surface area is 266 Å². The standard InChI is InChI=1S/C40H23N3S2/c1-2-11-24(12-3-1)25-13-10-14-26(21-25)37-39-38(29-17-6-9-20-35(29)45-39)42-40(41-37)43-32-18-7-4-15-27(32)30-22-31-28-16-5-8-19-34(28)44-36(31)23-33(30)43/h1-23H. The number of thiophene rings is 2. The molecule has 0 aliphatic rings. The Morgan fingerprint density at radius 2 is 1.11 bits per heavy atom. The zero-order chi connectivity index (χ0) is 29.5. The van der Waals surface area contributed by atoms with Gasteiger partial charge in [0.1, 0.15) is 0 Å². The molecule has 6 aromatic carbocycles. The molecule has 0 aliphatic heterocycles. The van der Waals surface area contributed by atoms with Gasteiger partial charge < -0.3 is 0 Å². The van der Waals surface area contributed by atoms with Gasteiger partial charge in [0.2, 0.25) is 5.95 Å². The second kappa shape index (κ2) is 9.57. The monoisotopic (exact) mass is 609 g/mol. The molecule has 0 saturated heterocycles. The van der Waals surface area contributed by atoms with Gasteiger partial charge in [-0.1, -0.05) is 103 Å². The van der Waals surface area contributed by atoms with E-state index in [1.807, 2.05) is 11.3 Å². The van der Waals surface area contributed by atoms with Crippen molar-refractivity contribution < 1.29 is 0 Å². The third-order valence-electron chi connectivity index (χ3n) is 8.82. The summed E-state index contributed by atoms with van der Waals surface area (Å²) in [6.07, 6.45) is 0. The van der Waals surface area contributed by atoms with Crippen molar-refractivity contribution in [1.82, 2.24) is 14.5 Å². The number of rotatable bonds is 3. The lowest BCUT2D eigenvalue weighted by Gasteiger charge is -2.11. The summed E-state index contributed by atoms with van der Waals surface area (Å²) in [7, 11) is 0. The van der Waals surface area contributed by atoms with E-state index in [4.69, 9.17) is 9.97 Å². The highest BCUT2D eigenvalue weighted by molar-refractivity contribution is 7.26. The highest BCUT2D eigenvalue weighted by Crippen LogP contribution is 2.43. The van der Waals surface area contributed by atoms with Crippen LogP contribution in [0.3, 0.4) is 0 Å². The molecule has 3 nitrogen and oxygen atoms in total. The summed E-state index contributed by atoms with van der Waals surface area (Å²) in [5.74, 6) is 0.692. The van der Waals surface area contributed by atoms with Gasteiger partial charge in [-0.05, 0) is 47.5 Å². The first kappa shape index (κ1) is 25.0. The minimum Gasteiger partial charge on any atom is -0.278 e. The molecule has 4 heterocycles. The number of fused-ring (bicyclic) bond motifs is 9.